The number of esters is 1. The lowest BCUT2D eigenvalue weighted by atomic mass is 10.1. The molecule has 0 heterocycles. The second kappa shape index (κ2) is 9.98. The van der Waals surface area contributed by atoms with Crippen molar-refractivity contribution in [3.8, 4) is 5.75 Å². The first kappa shape index (κ1) is 22.2. The minimum absolute atomic E-state index is 0.0852. The van der Waals surface area contributed by atoms with E-state index in [1.165, 1.54) is 55.6 Å². The number of nitro benzene ring substituents is 1. The third kappa shape index (κ3) is 5.33. The number of nitrogens with zero attached hydrogens (tertiary/aromatic N) is 1. The van der Waals surface area contributed by atoms with Crippen LogP contribution in [-0.4, -0.2) is 36.3 Å². The zero-order valence-corrected chi connectivity index (χ0v) is 16.9. The molecule has 0 saturated carbocycles. The molecule has 3 aromatic carbocycles. The molecule has 0 fully saturated rings. The number of methoxy groups -OCH3 is 1. The number of ketones is 1. The number of hydrogen-bond acceptors (Lipinski definition) is 7. The third-order valence-electron chi connectivity index (χ3n) is 4.47. The zero-order valence-electron chi connectivity index (χ0n) is 16.9. The van der Waals surface area contributed by atoms with E-state index in [2.05, 4.69) is 5.32 Å². The SMILES string of the molecule is COc1ccc(C(=O)COC(=O)c2ccc(NC(=O)c3ccccc3[N+](=O)[O-])cc2)cc1. The molecule has 3 rings (SSSR count). The fourth-order valence-corrected chi connectivity index (χ4v) is 2.79. The number of nitrogens with one attached hydrogen (secondary N) is 1. The molecular formula is C23H18N2O7. The molecular weight excluding hydrogens is 416 g/mol. The van der Waals surface area contributed by atoms with E-state index in [0.29, 0.717) is 17.0 Å². The van der Waals surface area contributed by atoms with Gasteiger partial charge in [0, 0.05) is 17.3 Å². The van der Waals surface area contributed by atoms with E-state index >= 15 is 0 Å². The average Bonchev–Trinajstić information content (AvgIpc) is 2.82. The van der Waals surface area contributed by atoms with Crippen LogP contribution in [0.5, 0.6) is 5.75 Å². The van der Waals surface area contributed by atoms with Gasteiger partial charge in [-0.05, 0) is 54.6 Å². The maximum absolute atomic E-state index is 12.4. The number of anilines is 1. The summed E-state index contributed by atoms with van der Waals surface area (Å²) in [7, 11) is 1.51. The lowest BCUT2D eigenvalue weighted by Gasteiger charge is -2.08. The number of rotatable bonds is 8. The largest absolute Gasteiger partial charge is 0.497 e. The van der Waals surface area contributed by atoms with Gasteiger partial charge in [0.15, 0.2) is 12.4 Å². The maximum atomic E-state index is 12.4. The molecule has 0 aromatic heterocycles. The molecule has 32 heavy (non-hydrogen) atoms. The number of benzene rings is 3. The third-order valence-corrected chi connectivity index (χ3v) is 4.47. The van der Waals surface area contributed by atoms with E-state index in [4.69, 9.17) is 9.47 Å². The van der Waals surface area contributed by atoms with Crippen LogP contribution in [0.2, 0.25) is 0 Å². The Morgan fingerprint density at radius 3 is 2.16 bits per heavy atom. The van der Waals surface area contributed by atoms with Crippen LogP contribution in [0.25, 0.3) is 0 Å². The number of hydrogen-bond donors (Lipinski definition) is 1. The molecule has 0 unspecified atom stereocenters. The van der Waals surface area contributed by atoms with Crippen LogP contribution in [-0.2, 0) is 4.74 Å². The van der Waals surface area contributed by atoms with Crippen molar-refractivity contribution in [3.05, 3.63) is 99.6 Å². The number of amides is 1. The van der Waals surface area contributed by atoms with Gasteiger partial charge in [0.25, 0.3) is 11.6 Å². The highest BCUT2D eigenvalue weighted by molar-refractivity contribution is 6.07. The molecule has 9 nitrogen and oxygen atoms in total. The molecule has 0 aliphatic rings. The molecule has 162 valence electrons. The van der Waals surface area contributed by atoms with Crippen molar-refractivity contribution in [2.75, 3.05) is 19.0 Å². The van der Waals surface area contributed by atoms with Crippen molar-refractivity contribution >= 4 is 29.0 Å². The van der Waals surface area contributed by atoms with Gasteiger partial charge in [-0.25, -0.2) is 4.79 Å². The monoisotopic (exact) mass is 434 g/mol. The van der Waals surface area contributed by atoms with Gasteiger partial charge >= 0.3 is 5.97 Å². The van der Waals surface area contributed by atoms with Gasteiger partial charge in [-0.3, -0.25) is 19.7 Å². The highest BCUT2D eigenvalue weighted by Crippen LogP contribution is 2.20. The summed E-state index contributed by atoms with van der Waals surface area (Å²) in [6.07, 6.45) is 0. The predicted octanol–water partition coefficient (Wildman–Crippen LogP) is 3.90. The van der Waals surface area contributed by atoms with E-state index in [-0.39, 0.29) is 22.6 Å². The fraction of sp³-hybridized carbons (Fsp3) is 0.0870. The van der Waals surface area contributed by atoms with Crippen molar-refractivity contribution in [2.24, 2.45) is 0 Å². The first-order chi connectivity index (χ1) is 15.4. The second-order valence-corrected chi connectivity index (χ2v) is 6.53. The van der Waals surface area contributed by atoms with Gasteiger partial charge in [0.05, 0.1) is 17.6 Å². The molecule has 0 bridgehead atoms. The van der Waals surface area contributed by atoms with E-state index in [1.807, 2.05) is 0 Å². The Morgan fingerprint density at radius 1 is 0.906 bits per heavy atom. The van der Waals surface area contributed by atoms with Crippen LogP contribution in [0, 0.1) is 10.1 Å². The molecule has 3 aromatic rings. The number of Topliss-reactive ketones (excluding diaryl/α,β-unsaturated/α-hetero) is 1. The Hall–Kier alpha value is -4.53. The first-order valence-electron chi connectivity index (χ1n) is 9.38. The number of carbonyl (C=O) groups excluding carboxylic acids is 3. The van der Waals surface area contributed by atoms with E-state index in [0.717, 1.165) is 0 Å². The van der Waals surface area contributed by atoms with E-state index in [9.17, 15) is 24.5 Å². The summed E-state index contributed by atoms with van der Waals surface area (Å²) in [6, 6.07) is 17.7. The van der Waals surface area contributed by atoms with Crippen molar-refractivity contribution in [3.63, 3.8) is 0 Å². The molecule has 0 aliphatic carbocycles. The van der Waals surface area contributed by atoms with Crippen molar-refractivity contribution in [2.45, 2.75) is 0 Å². The number of para-hydroxylation sites is 1. The summed E-state index contributed by atoms with van der Waals surface area (Å²) in [4.78, 5) is 47.1. The Morgan fingerprint density at radius 2 is 1.53 bits per heavy atom. The van der Waals surface area contributed by atoms with Crippen LogP contribution in [0.1, 0.15) is 31.1 Å². The molecule has 0 spiro atoms. The van der Waals surface area contributed by atoms with E-state index < -0.39 is 23.4 Å². The van der Waals surface area contributed by atoms with Gasteiger partial charge in [-0.1, -0.05) is 12.1 Å². The topological polar surface area (TPSA) is 125 Å². The molecule has 1 amide bonds. The van der Waals surface area contributed by atoms with Gasteiger partial charge in [-0.15, -0.1) is 0 Å². The lowest BCUT2D eigenvalue weighted by Crippen LogP contribution is -2.15. The Balaban J connectivity index is 1.59. The standard InChI is InChI=1S/C23H18N2O7/c1-31-18-12-8-15(9-13-18)21(26)14-32-23(28)16-6-10-17(11-7-16)24-22(27)19-4-2-3-5-20(19)25(29)30/h2-13H,14H2,1H3,(H,24,27). The maximum Gasteiger partial charge on any atom is 0.338 e. The van der Waals surface area contributed by atoms with Crippen LogP contribution in [0.3, 0.4) is 0 Å². The lowest BCUT2D eigenvalue weighted by molar-refractivity contribution is -0.385. The summed E-state index contributed by atoms with van der Waals surface area (Å²) >= 11 is 0. The Labute approximate surface area is 182 Å². The normalized spacial score (nSPS) is 10.2. The smallest absolute Gasteiger partial charge is 0.338 e. The summed E-state index contributed by atoms with van der Waals surface area (Å²) in [6.45, 7) is -0.429. The van der Waals surface area contributed by atoms with Crippen LogP contribution in [0.15, 0.2) is 72.8 Å². The van der Waals surface area contributed by atoms with Crippen LogP contribution >= 0.6 is 0 Å². The van der Waals surface area contributed by atoms with Crippen molar-refractivity contribution in [1.29, 1.82) is 0 Å². The molecule has 0 aliphatic heterocycles. The van der Waals surface area contributed by atoms with Gasteiger partial charge < -0.3 is 14.8 Å². The quantitative estimate of drug-likeness (QED) is 0.247. The second-order valence-electron chi connectivity index (χ2n) is 6.53. The first-order valence-corrected chi connectivity index (χ1v) is 9.38. The predicted molar refractivity (Wildman–Crippen MR) is 115 cm³/mol. The fourth-order valence-electron chi connectivity index (χ4n) is 2.79. The van der Waals surface area contributed by atoms with Gasteiger partial charge in [0.2, 0.25) is 0 Å². The van der Waals surface area contributed by atoms with E-state index in [1.54, 1.807) is 24.3 Å². The van der Waals surface area contributed by atoms with Gasteiger partial charge in [0.1, 0.15) is 11.3 Å². The highest BCUT2D eigenvalue weighted by Gasteiger charge is 2.19. The van der Waals surface area contributed by atoms with Crippen LogP contribution in [0.4, 0.5) is 11.4 Å². The molecule has 9 heteroatoms. The average molecular weight is 434 g/mol. The minimum atomic E-state index is -0.705. The summed E-state index contributed by atoms with van der Waals surface area (Å²) in [5.41, 5.74) is 0.492. The molecule has 0 atom stereocenters. The van der Waals surface area contributed by atoms with Crippen molar-refractivity contribution < 1.29 is 28.8 Å². The summed E-state index contributed by atoms with van der Waals surface area (Å²) in [5.74, 6) is -1.12. The number of carbonyl (C=O) groups is 3. The van der Waals surface area contributed by atoms with Gasteiger partial charge in [-0.2, -0.15) is 0 Å². The minimum Gasteiger partial charge on any atom is -0.497 e. The molecule has 1 N–H and O–H groups in total. The van der Waals surface area contributed by atoms with Crippen molar-refractivity contribution in [1.82, 2.24) is 0 Å². The highest BCUT2D eigenvalue weighted by atomic mass is 16.6. The molecule has 0 radical (unpaired) electrons. The summed E-state index contributed by atoms with van der Waals surface area (Å²) < 4.78 is 10.1. The Bertz CT molecular complexity index is 1160. The number of ether oxygens (including phenoxy) is 2. The zero-order chi connectivity index (χ0) is 23.1. The summed E-state index contributed by atoms with van der Waals surface area (Å²) in [5, 5.41) is 13.6. The van der Waals surface area contributed by atoms with Crippen LogP contribution < -0.4 is 10.1 Å². The number of nitro groups is 1. The molecule has 0 saturated heterocycles. The Kier molecular flexibility index (Phi) is 6.92.